The van der Waals surface area contributed by atoms with E-state index in [4.69, 9.17) is 16.3 Å². The number of fused-ring (bicyclic) bond motifs is 1. The van der Waals surface area contributed by atoms with E-state index in [-0.39, 0.29) is 15.2 Å². The van der Waals surface area contributed by atoms with Crippen LogP contribution in [0.3, 0.4) is 0 Å². The highest BCUT2D eigenvalue weighted by molar-refractivity contribution is 7.93. The van der Waals surface area contributed by atoms with Crippen LogP contribution in [0.1, 0.15) is 5.01 Å². The Kier molecular flexibility index (Phi) is 3.71. The third-order valence-electron chi connectivity index (χ3n) is 2.75. The molecule has 2 heterocycles. The zero-order chi connectivity index (χ0) is 15.9. The molecule has 3 rings (SSSR count). The summed E-state index contributed by atoms with van der Waals surface area (Å²) in [7, 11) is -2.63. The molecule has 0 unspecified atom stereocenters. The number of sulfone groups is 1. The van der Waals surface area contributed by atoms with Gasteiger partial charge >= 0.3 is 0 Å². The van der Waals surface area contributed by atoms with Gasteiger partial charge in [0.05, 0.1) is 18.1 Å². The van der Waals surface area contributed by atoms with Crippen LogP contribution in [-0.2, 0) is 9.84 Å². The molecule has 7 nitrogen and oxygen atoms in total. The Morgan fingerprint density at radius 3 is 2.59 bits per heavy atom. The van der Waals surface area contributed by atoms with Gasteiger partial charge in [0, 0.05) is 5.02 Å². The highest BCUT2D eigenvalue weighted by atomic mass is 35.5. The molecule has 3 aromatic rings. The van der Waals surface area contributed by atoms with Crippen LogP contribution in [-0.4, -0.2) is 35.7 Å². The summed E-state index contributed by atoms with van der Waals surface area (Å²) in [6.07, 6.45) is 0. The average molecular weight is 357 g/mol. The monoisotopic (exact) mass is 356 g/mol. The number of benzene rings is 1. The van der Waals surface area contributed by atoms with E-state index < -0.39 is 9.84 Å². The van der Waals surface area contributed by atoms with Gasteiger partial charge in [-0.1, -0.05) is 22.9 Å². The van der Waals surface area contributed by atoms with Gasteiger partial charge in [0.15, 0.2) is 0 Å². The zero-order valence-corrected chi connectivity index (χ0v) is 13.8. The molecular formula is C12H9ClN4O3S2. The highest BCUT2D eigenvalue weighted by Crippen LogP contribution is 2.30. The molecule has 114 valence electrons. The van der Waals surface area contributed by atoms with Crippen molar-refractivity contribution in [3.05, 3.63) is 28.2 Å². The van der Waals surface area contributed by atoms with Crippen molar-refractivity contribution in [2.24, 2.45) is 0 Å². The average Bonchev–Trinajstić information content (AvgIpc) is 2.93. The van der Waals surface area contributed by atoms with Crippen LogP contribution >= 0.6 is 22.9 Å². The largest absolute Gasteiger partial charge is 0.479 e. The molecule has 0 radical (unpaired) electrons. The fraction of sp³-hybridized carbons (Fsp3) is 0.167. The van der Waals surface area contributed by atoms with Gasteiger partial charge in [0.25, 0.3) is 15.7 Å². The third kappa shape index (κ3) is 2.51. The Labute approximate surface area is 134 Å². The Morgan fingerprint density at radius 2 is 1.95 bits per heavy atom. The number of hydrogen-bond acceptors (Lipinski definition) is 8. The van der Waals surface area contributed by atoms with Crippen LogP contribution in [0.2, 0.25) is 5.02 Å². The summed E-state index contributed by atoms with van der Waals surface area (Å²) in [4.78, 5) is 8.31. The lowest BCUT2D eigenvalue weighted by molar-refractivity contribution is 0.382. The Balaban J connectivity index is 2.29. The molecule has 22 heavy (non-hydrogen) atoms. The van der Waals surface area contributed by atoms with Gasteiger partial charge in [0.2, 0.25) is 9.37 Å². The predicted molar refractivity (Wildman–Crippen MR) is 81.2 cm³/mol. The van der Waals surface area contributed by atoms with E-state index in [9.17, 15) is 8.42 Å². The molecule has 0 amide bonds. The molecule has 0 N–H and O–H groups in total. The first kappa shape index (κ1) is 15.1. The van der Waals surface area contributed by atoms with E-state index in [1.807, 2.05) is 0 Å². The van der Waals surface area contributed by atoms with Crippen LogP contribution in [0.15, 0.2) is 27.6 Å². The van der Waals surface area contributed by atoms with Crippen molar-refractivity contribution in [2.75, 3.05) is 7.11 Å². The molecule has 1 aromatic carbocycles. The maximum absolute atomic E-state index is 12.6. The normalized spacial score (nSPS) is 11.8. The molecule has 0 saturated heterocycles. The van der Waals surface area contributed by atoms with E-state index in [0.29, 0.717) is 21.1 Å². The minimum Gasteiger partial charge on any atom is -0.479 e. The SMILES string of the molecule is COc1nc2ccc(Cl)cc2nc1S(=O)(=O)c1nnc(C)s1. The number of ether oxygens (including phenoxy) is 1. The lowest BCUT2D eigenvalue weighted by atomic mass is 10.3. The fourth-order valence-electron chi connectivity index (χ4n) is 1.77. The number of nitrogens with zero attached hydrogens (tertiary/aromatic N) is 4. The predicted octanol–water partition coefficient (Wildman–Crippen LogP) is 2.28. The van der Waals surface area contributed by atoms with Crippen LogP contribution < -0.4 is 4.74 Å². The van der Waals surface area contributed by atoms with E-state index in [1.54, 1.807) is 19.1 Å². The van der Waals surface area contributed by atoms with Gasteiger partial charge in [0.1, 0.15) is 5.01 Å². The number of halogens is 1. The highest BCUT2D eigenvalue weighted by Gasteiger charge is 2.29. The van der Waals surface area contributed by atoms with Crippen molar-refractivity contribution in [2.45, 2.75) is 16.3 Å². The molecule has 0 aliphatic rings. The molecule has 0 bridgehead atoms. The number of hydrogen-bond donors (Lipinski definition) is 0. The van der Waals surface area contributed by atoms with Gasteiger partial charge in [-0.3, -0.25) is 0 Å². The smallest absolute Gasteiger partial charge is 0.258 e. The molecule has 10 heteroatoms. The van der Waals surface area contributed by atoms with Gasteiger partial charge < -0.3 is 4.74 Å². The summed E-state index contributed by atoms with van der Waals surface area (Å²) in [5, 5.41) is 8.05. The third-order valence-corrected chi connectivity index (χ3v) is 5.84. The van der Waals surface area contributed by atoms with Crippen LogP contribution in [0.25, 0.3) is 11.0 Å². The summed E-state index contributed by atoms with van der Waals surface area (Å²) >= 11 is 6.87. The summed E-state index contributed by atoms with van der Waals surface area (Å²) < 4.78 is 30.2. The first-order valence-electron chi connectivity index (χ1n) is 5.98. The topological polar surface area (TPSA) is 94.9 Å². The minimum atomic E-state index is -3.96. The molecule has 0 aliphatic heterocycles. The van der Waals surface area contributed by atoms with Gasteiger partial charge in [-0.15, -0.1) is 10.2 Å². The number of rotatable bonds is 3. The summed E-state index contributed by atoms with van der Waals surface area (Å²) in [6.45, 7) is 1.67. The van der Waals surface area contributed by atoms with Crippen molar-refractivity contribution in [3.8, 4) is 5.88 Å². The Morgan fingerprint density at radius 1 is 1.18 bits per heavy atom. The molecule has 0 aliphatic carbocycles. The molecular weight excluding hydrogens is 348 g/mol. The first-order chi connectivity index (χ1) is 10.4. The summed E-state index contributed by atoms with van der Waals surface area (Å²) in [6, 6.07) is 4.81. The summed E-state index contributed by atoms with van der Waals surface area (Å²) in [5.41, 5.74) is 0.835. The van der Waals surface area contributed by atoms with Crippen molar-refractivity contribution >= 4 is 43.8 Å². The standard InChI is InChI=1S/C12H9ClN4O3S2/c1-6-16-17-12(21-6)22(18,19)11-10(20-2)14-8-4-3-7(13)5-9(8)15-11/h3-5H,1-2H3. The fourth-order valence-corrected chi connectivity index (χ4v) is 4.28. The number of aromatic nitrogens is 4. The van der Waals surface area contributed by atoms with E-state index in [1.165, 1.54) is 13.2 Å². The zero-order valence-electron chi connectivity index (χ0n) is 11.4. The van der Waals surface area contributed by atoms with Gasteiger partial charge in [-0.2, -0.15) is 0 Å². The lowest BCUT2D eigenvalue weighted by Gasteiger charge is -2.07. The molecule has 2 aromatic heterocycles. The minimum absolute atomic E-state index is 0.0947. The lowest BCUT2D eigenvalue weighted by Crippen LogP contribution is -2.08. The van der Waals surface area contributed by atoms with Crippen LogP contribution in [0.4, 0.5) is 0 Å². The molecule has 0 saturated carbocycles. The second-order valence-electron chi connectivity index (χ2n) is 4.26. The van der Waals surface area contributed by atoms with E-state index in [2.05, 4.69) is 20.2 Å². The maximum atomic E-state index is 12.6. The second kappa shape index (κ2) is 5.41. The summed E-state index contributed by atoms with van der Waals surface area (Å²) in [5.74, 6) is -0.0947. The molecule has 0 spiro atoms. The van der Waals surface area contributed by atoms with Crippen molar-refractivity contribution < 1.29 is 13.2 Å². The second-order valence-corrected chi connectivity index (χ2v) is 7.92. The number of aryl methyl sites for hydroxylation is 1. The molecule has 0 atom stereocenters. The Bertz CT molecular complexity index is 972. The quantitative estimate of drug-likeness (QED) is 0.710. The van der Waals surface area contributed by atoms with Crippen molar-refractivity contribution in [1.82, 2.24) is 20.2 Å². The first-order valence-corrected chi connectivity index (χ1v) is 8.66. The van der Waals surface area contributed by atoms with Crippen LogP contribution in [0.5, 0.6) is 5.88 Å². The van der Waals surface area contributed by atoms with E-state index in [0.717, 1.165) is 11.3 Å². The van der Waals surface area contributed by atoms with E-state index >= 15 is 0 Å². The van der Waals surface area contributed by atoms with Gasteiger partial charge in [-0.25, -0.2) is 18.4 Å². The Hall–Kier alpha value is -1.84. The van der Waals surface area contributed by atoms with Crippen LogP contribution in [0, 0.1) is 6.92 Å². The van der Waals surface area contributed by atoms with Crippen molar-refractivity contribution in [3.63, 3.8) is 0 Å². The van der Waals surface area contributed by atoms with Gasteiger partial charge in [-0.05, 0) is 25.1 Å². The maximum Gasteiger partial charge on any atom is 0.258 e. The molecule has 0 fully saturated rings. The van der Waals surface area contributed by atoms with Crippen molar-refractivity contribution in [1.29, 1.82) is 0 Å². The number of methoxy groups -OCH3 is 1.